The SMILES string of the molecule is C=CCN(CCO)Cc1cn2cc(Cl)ccc2n1. The molecule has 18 heavy (non-hydrogen) atoms. The molecule has 0 aliphatic carbocycles. The van der Waals surface area contributed by atoms with Crippen LogP contribution < -0.4 is 0 Å². The molecule has 0 aromatic carbocycles. The fraction of sp³-hybridized carbons (Fsp3) is 0.308. The average molecular weight is 266 g/mol. The van der Waals surface area contributed by atoms with Gasteiger partial charge in [0.15, 0.2) is 0 Å². The third kappa shape index (κ3) is 3.10. The topological polar surface area (TPSA) is 40.8 Å². The average Bonchev–Trinajstić information content (AvgIpc) is 2.71. The first-order valence-corrected chi connectivity index (χ1v) is 6.18. The lowest BCUT2D eigenvalue weighted by Gasteiger charge is -2.17. The summed E-state index contributed by atoms with van der Waals surface area (Å²) in [6.45, 7) is 5.87. The highest BCUT2D eigenvalue weighted by atomic mass is 35.5. The van der Waals surface area contributed by atoms with Crippen molar-refractivity contribution in [2.45, 2.75) is 6.54 Å². The largest absolute Gasteiger partial charge is 0.395 e. The molecule has 5 heteroatoms. The molecule has 0 unspecified atom stereocenters. The molecular weight excluding hydrogens is 250 g/mol. The van der Waals surface area contributed by atoms with Crippen LogP contribution in [0.1, 0.15) is 5.69 Å². The van der Waals surface area contributed by atoms with E-state index in [-0.39, 0.29) is 6.61 Å². The number of pyridine rings is 1. The highest BCUT2D eigenvalue weighted by Crippen LogP contribution is 2.12. The molecule has 0 aliphatic rings. The molecule has 0 saturated carbocycles. The molecule has 2 rings (SSSR count). The van der Waals surface area contributed by atoms with Crippen LogP contribution in [0, 0.1) is 0 Å². The van der Waals surface area contributed by atoms with Crippen LogP contribution in [0.2, 0.25) is 5.02 Å². The minimum absolute atomic E-state index is 0.132. The maximum atomic E-state index is 9.00. The zero-order valence-corrected chi connectivity index (χ0v) is 10.8. The molecule has 2 aromatic heterocycles. The number of hydrogen-bond acceptors (Lipinski definition) is 3. The number of aliphatic hydroxyl groups is 1. The van der Waals surface area contributed by atoms with Crippen molar-refractivity contribution < 1.29 is 5.11 Å². The van der Waals surface area contributed by atoms with Gasteiger partial charge < -0.3 is 9.51 Å². The van der Waals surface area contributed by atoms with E-state index in [4.69, 9.17) is 16.7 Å². The van der Waals surface area contributed by atoms with Crippen molar-refractivity contribution in [2.24, 2.45) is 0 Å². The van der Waals surface area contributed by atoms with Gasteiger partial charge in [-0.05, 0) is 12.1 Å². The minimum atomic E-state index is 0.132. The summed E-state index contributed by atoms with van der Waals surface area (Å²) in [7, 11) is 0. The van der Waals surface area contributed by atoms with Gasteiger partial charge in [-0.25, -0.2) is 4.98 Å². The third-order valence-corrected chi connectivity index (χ3v) is 2.88. The third-order valence-electron chi connectivity index (χ3n) is 2.65. The van der Waals surface area contributed by atoms with E-state index in [1.807, 2.05) is 35.0 Å². The normalized spacial score (nSPS) is 11.3. The summed E-state index contributed by atoms with van der Waals surface area (Å²) in [5, 5.41) is 9.68. The van der Waals surface area contributed by atoms with E-state index in [2.05, 4.69) is 16.5 Å². The van der Waals surface area contributed by atoms with Crippen LogP contribution in [0.4, 0.5) is 0 Å². The van der Waals surface area contributed by atoms with Crippen molar-refractivity contribution in [2.75, 3.05) is 19.7 Å². The van der Waals surface area contributed by atoms with E-state index in [0.29, 0.717) is 18.1 Å². The Balaban J connectivity index is 2.17. The number of aromatic nitrogens is 2. The van der Waals surface area contributed by atoms with Gasteiger partial charge in [-0.3, -0.25) is 4.90 Å². The molecule has 1 N–H and O–H groups in total. The van der Waals surface area contributed by atoms with Gasteiger partial charge in [0.05, 0.1) is 17.3 Å². The molecule has 0 aliphatic heterocycles. The fourth-order valence-electron chi connectivity index (χ4n) is 1.88. The Bertz CT molecular complexity index is 538. The Morgan fingerprint density at radius 1 is 1.44 bits per heavy atom. The maximum Gasteiger partial charge on any atom is 0.137 e. The number of imidazole rings is 1. The second kappa shape index (κ2) is 6.00. The Hall–Kier alpha value is -1.36. The molecule has 96 valence electrons. The first kappa shape index (κ1) is 13.1. The smallest absolute Gasteiger partial charge is 0.137 e. The lowest BCUT2D eigenvalue weighted by molar-refractivity contribution is 0.202. The maximum absolute atomic E-state index is 9.00. The predicted octanol–water partition coefficient (Wildman–Crippen LogP) is 1.97. The van der Waals surface area contributed by atoms with Gasteiger partial charge in [0.1, 0.15) is 5.65 Å². The summed E-state index contributed by atoms with van der Waals surface area (Å²) < 4.78 is 1.91. The molecule has 4 nitrogen and oxygen atoms in total. The van der Waals surface area contributed by atoms with Crippen molar-refractivity contribution in [1.82, 2.24) is 14.3 Å². The Morgan fingerprint density at radius 2 is 2.28 bits per heavy atom. The van der Waals surface area contributed by atoms with Gasteiger partial charge >= 0.3 is 0 Å². The minimum Gasteiger partial charge on any atom is -0.395 e. The highest BCUT2D eigenvalue weighted by Gasteiger charge is 2.07. The first-order chi connectivity index (χ1) is 8.72. The van der Waals surface area contributed by atoms with Crippen LogP contribution >= 0.6 is 11.6 Å². The summed E-state index contributed by atoms with van der Waals surface area (Å²) in [6.07, 6.45) is 5.61. The number of fused-ring (bicyclic) bond motifs is 1. The summed E-state index contributed by atoms with van der Waals surface area (Å²) >= 11 is 5.93. The van der Waals surface area contributed by atoms with Crippen LogP contribution in [0.3, 0.4) is 0 Å². The van der Waals surface area contributed by atoms with E-state index in [1.165, 1.54) is 0 Å². The van der Waals surface area contributed by atoms with Crippen molar-refractivity contribution >= 4 is 17.2 Å². The molecule has 0 bridgehead atoms. The van der Waals surface area contributed by atoms with Gasteiger partial charge in [-0.1, -0.05) is 17.7 Å². The van der Waals surface area contributed by atoms with Crippen LogP contribution in [0.25, 0.3) is 5.65 Å². The van der Waals surface area contributed by atoms with E-state index in [9.17, 15) is 0 Å². The number of nitrogens with zero attached hydrogens (tertiary/aromatic N) is 3. The second-order valence-corrected chi connectivity index (χ2v) is 4.53. The number of rotatable bonds is 6. The Kier molecular flexibility index (Phi) is 4.36. The van der Waals surface area contributed by atoms with Gasteiger partial charge in [-0.2, -0.15) is 0 Å². The van der Waals surface area contributed by atoms with Gasteiger partial charge in [0.25, 0.3) is 0 Å². The Labute approximate surface area is 111 Å². The lowest BCUT2D eigenvalue weighted by Crippen LogP contribution is -2.26. The van der Waals surface area contributed by atoms with Crippen molar-refractivity contribution in [3.63, 3.8) is 0 Å². The van der Waals surface area contributed by atoms with Gasteiger partial charge in [-0.15, -0.1) is 6.58 Å². The zero-order valence-electron chi connectivity index (χ0n) is 10.1. The van der Waals surface area contributed by atoms with E-state index in [1.54, 1.807) is 0 Å². The lowest BCUT2D eigenvalue weighted by atomic mass is 10.4. The molecule has 0 spiro atoms. The molecule has 0 fully saturated rings. The highest BCUT2D eigenvalue weighted by molar-refractivity contribution is 6.30. The molecule has 2 aromatic rings. The molecule has 0 atom stereocenters. The van der Waals surface area contributed by atoms with Gasteiger partial charge in [0, 0.05) is 32.0 Å². The monoisotopic (exact) mass is 265 g/mol. The number of halogens is 1. The van der Waals surface area contributed by atoms with Crippen LogP contribution in [-0.4, -0.2) is 39.1 Å². The van der Waals surface area contributed by atoms with Crippen molar-refractivity contribution in [3.8, 4) is 0 Å². The van der Waals surface area contributed by atoms with Crippen molar-refractivity contribution in [3.05, 3.63) is 47.9 Å². The van der Waals surface area contributed by atoms with E-state index >= 15 is 0 Å². The van der Waals surface area contributed by atoms with Crippen molar-refractivity contribution in [1.29, 1.82) is 0 Å². The van der Waals surface area contributed by atoms with Gasteiger partial charge in [0.2, 0.25) is 0 Å². The summed E-state index contributed by atoms with van der Waals surface area (Å²) in [6, 6.07) is 3.71. The molecule has 2 heterocycles. The van der Waals surface area contributed by atoms with E-state index in [0.717, 1.165) is 17.9 Å². The summed E-state index contributed by atoms with van der Waals surface area (Å²) in [4.78, 5) is 6.58. The quantitative estimate of drug-likeness (QED) is 0.812. The predicted molar refractivity (Wildman–Crippen MR) is 72.8 cm³/mol. The number of hydrogen-bond donors (Lipinski definition) is 1. The second-order valence-electron chi connectivity index (χ2n) is 4.09. The first-order valence-electron chi connectivity index (χ1n) is 5.80. The molecule has 0 radical (unpaired) electrons. The molecular formula is C13H16ClN3O. The number of aliphatic hydroxyl groups excluding tert-OH is 1. The zero-order chi connectivity index (χ0) is 13.0. The van der Waals surface area contributed by atoms with Crippen LogP contribution in [0.5, 0.6) is 0 Å². The Morgan fingerprint density at radius 3 is 3.00 bits per heavy atom. The van der Waals surface area contributed by atoms with Crippen LogP contribution in [-0.2, 0) is 6.54 Å². The molecule has 0 amide bonds. The summed E-state index contributed by atoms with van der Waals surface area (Å²) in [5.41, 5.74) is 1.82. The molecule has 0 saturated heterocycles. The fourth-order valence-corrected chi connectivity index (χ4v) is 2.05. The standard InChI is InChI=1S/C13H16ClN3O/c1-2-5-16(6-7-18)9-12-10-17-8-11(14)3-4-13(17)15-12/h2-4,8,10,18H,1,5-7,9H2. The summed E-state index contributed by atoms with van der Waals surface area (Å²) in [5.74, 6) is 0. The van der Waals surface area contributed by atoms with Crippen LogP contribution in [0.15, 0.2) is 37.2 Å². The van der Waals surface area contributed by atoms with E-state index < -0.39 is 0 Å².